The van der Waals surface area contributed by atoms with Gasteiger partial charge < -0.3 is 15.7 Å². The fraction of sp³-hybridized carbons (Fsp3) is 0.545. The Morgan fingerprint density at radius 1 is 1.67 bits per heavy atom. The first-order valence-electron chi connectivity index (χ1n) is 5.83. The highest BCUT2D eigenvalue weighted by atomic mass is 16.6. The van der Waals surface area contributed by atoms with E-state index in [1.807, 2.05) is 6.92 Å². The fourth-order valence-electron chi connectivity index (χ4n) is 2.36. The van der Waals surface area contributed by atoms with Gasteiger partial charge in [0.2, 0.25) is 5.82 Å². The molecule has 2 atom stereocenters. The molecule has 0 spiro atoms. The first-order chi connectivity index (χ1) is 8.54. The van der Waals surface area contributed by atoms with E-state index in [1.165, 1.54) is 12.1 Å². The number of rotatable bonds is 3. The molecule has 1 aliphatic rings. The van der Waals surface area contributed by atoms with Crippen LogP contribution in [0.4, 0.5) is 17.3 Å². The third-order valence-electron chi connectivity index (χ3n) is 3.41. The van der Waals surface area contributed by atoms with Crippen molar-refractivity contribution in [2.24, 2.45) is 5.92 Å². The average molecular weight is 252 g/mol. The van der Waals surface area contributed by atoms with Crippen LogP contribution in [0.25, 0.3) is 0 Å². The van der Waals surface area contributed by atoms with Crippen molar-refractivity contribution in [1.29, 1.82) is 0 Å². The van der Waals surface area contributed by atoms with Gasteiger partial charge in [-0.3, -0.25) is 10.1 Å². The molecule has 2 unspecified atom stereocenters. The van der Waals surface area contributed by atoms with Crippen LogP contribution in [-0.2, 0) is 0 Å². The summed E-state index contributed by atoms with van der Waals surface area (Å²) in [6.07, 6.45) is 0.874. The highest BCUT2D eigenvalue weighted by Gasteiger charge is 2.35. The Morgan fingerprint density at radius 3 is 3.00 bits per heavy atom. The van der Waals surface area contributed by atoms with E-state index < -0.39 is 4.92 Å². The van der Waals surface area contributed by atoms with Gasteiger partial charge in [0.05, 0.1) is 17.6 Å². The van der Waals surface area contributed by atoms with Crippen molar-refractivity contribution >= 4 is 17.3 Å². The van der Waals surface area contributed by atoms with Crippen LogP contribution in [0.3, 0.4) is 0 Å². The van der Waals surface area contributed by atoms with E-state index >= 15 is 0 Å². The highest BCUT2D eigenvalue weighted by Crippen LogP contribution is 2.34. The molecule has 0 aromatic carbocycles. The molecule has 1 fully saturated rings. The predicted octanol–water partition coefficient (Wildman–Crippen LogP) is 0.779. The summed E-state index contributed by atoms with van der Waals surface area (Å²) in [5.41, 5.74) is 5.52. The van der Waals surface area contributed by atoms with E-state index in [0.717, 1.165) is 6.42 Å². The second kappa shape index (κ2) is 4.77. The van der Waals surface area contributed by atoms with Gasteiger partial charge in [-0.05, 0) is 18.4 Å². The molecule has 7 nitrogen and oxygen atoms in total. The smallest absolute Gasteiger partial charge is 0.311 e. The zero-order chi connectivity index (χ0) is 13.3. The third-order valence-corrected chi connectivity index (χ3v) is 3.41. The van der Waals surface area contributed by atoms with Gasteiger partial charge in [0.15, 0.2) is 0 Å². The van der Waals surface area contributed by atoms with Crippen LogP contribution in [-0.4, -0.2) is 34.2 Å². The number of aromatic nitrogens is 1. The molecule has 18 heavy (non-hydrogen) atoms. The Labute approximate surface area is 104 Å². The molecular formula is C11H16N4O3. The van der Waals surface area contributed by atoms with Crippen molar-refractivity contribution in [3.05, 3.63) is 22.2 Å². The number of pyridine rings is 1. The van der Waals surface area contributed by atoms with Crippen molar-refractivity contribution in [3.8, 4) is 0 Å². The van der Waals surface area contributed by atoms with Crippen LogP contribution in [0.2, 0.25) is 0 Å². The monoisotopic (exact) mass is 252 g/mol. The molecule has 3 N–H and O–H groups in total. The summed E-state index contributed by atoms with van der Waals surface area (Å²) >= 11 is 0. The highest BCUT2D eigenvalue weighted by molar-refractivity contribution is 5.62. The third kappa shape index (κ3) is 2.08. The van der Waals surface area contributed by atoms with E-state index in [0.29, 0.717) is 6.54 Å². The Kier molecular flexibility index (Phi) is 3.33. The predicted molar refractivity (Wildman–Crippen MR) is 67.3 cm³/mol. The van der Waals surface area contributed by atoms with Crippen LogP contribution in [0.5, 0.6) is 0 Å². The Balaban J connectivity index is 2.43. The maximum Gasteiger partial charge on any atom is 0.311 e. The van der Waals surface area contributed by atoms with Gasteiger partial charge in [0, 0.05) is 12.6 Å². The summed E-state index contributed by atoms with van der Waals surface area (Å²) in [6, 6.07) is 2.63. The number of aliphatic hydroxyl groups excluding tert-OH is 1. The molecule has 1 aliphatic heterocycles. The molecule has 0 radical (unpaired) electrons. The number of anilines is 2. The molecule has 0 bridgehead atoms. The largest absolute Gasteiger partial charge is 0.394 e. The lowest BCUT2D eigenvalue weighted by Gasteiger charge is -2.25. The maximum absolute atomic E-state index is 11.0. The molecule has 1 aromatic heterocycles. The minimum atomic E-state index is -0.473. The summed E-state index contributed by atoms with van der Waals surface area (Å²) in [5.74, 6) is 0.771. The van der Waals surface area contributed by atoms with E-state index in [4.69, 9.17) is 5.73 Å². The molecule has 0 saturated carbocycles. The number of nitrogen functional groups attached to an aromatic ring is 1. The van der Waals surface area contributed by atoms with Gasteiger partial charge in [0.25, 0.3) is 0 Å². The summed E-state index contributed by atoms with van der Waals surface area (Å²) in [5, 5.41) is 20.4. The molecule has 7 heteroatoms. The first kappa shape index (κ1) is 12.6. The summed E-state index contributed by atoms with van der Waals surface area (Å²) in [6.45, 7) is 2.61. The van der Waals surface area contributed by atoms with Crippen LogP contribution in [0.1, 0.15) is 13.3 Å². The zero-order valence-electron chi connectivity index (χ0n) is 10.1. The summed E-state index contributed by atoms with van der Waals surface area (Å²) < 4.78 is 0. The lowest BCUT2D eigenvalue weighted by molar-refractivity contribution is -0.384. The number of nitrogens with two attached hydrogens (primary N) is 1. The van der Waals surface area contributed by atoms with Crippen molar-refractivity contribution in [2.75, 3.05) is 23.8 Å². The standard InChI is InChI=1S/C11H16N4O3/c1-7-4-5-14(9(7)6-16)11-8(15(17)18)2-3-10(12)13-11/h2-3,7,9,16H,4-6H2,1H3,(H2,12,13). The Bertz CT molecular complexity index is 466. The van der Waals surface area contributed by atoms with Crippen molar-refractivity contribution in [3.63, 3.8) is 0 Å². The van der Waals surface area contributed by atoms with Gasteiger partial charge >= 0.3 is 5.69 Å². The fourth-order valence-corrected chi connectivity index (χ4v) is 2.36. The molecular weight excluding hydrogens is 236 g/mol. The summed E-state index contributed by atoms with van der Waals surface area (Å²) in [7, 11) is 0. The van der Waals surface area contributed by atoms with E-state index in [1.54, 1.807) is 4.90 Å². The molecule has 2 heterocycles. The van der Waals surface area contributed by atoms with Gasteiger partial charge in [-0.2, -0.15) is 0 Å². The van der Waals surface area contributed by atoms with Crippen LogP contribution in [0, 0.1) is 16.0 Å². The SMILES string of the molecule is CC1CCN(c2nc(N)ccc2[N+](=O)[O-])C1CO. The number of nitro groups is 1. The number of hydrogen-bond donors (Lipinski definition) is 2. The van der Waals surface area contributed by atoms with Gasteiger partial charge in [-0.15, -0.1) is 0 Å². The lowest BCUT2D eigenvalue weighted by Crippen LogP contribution is -2.36. The topological polar surface area (TPSA) is 106 Å². The molecule has 2 rings (SSSR count). The number of nitrogens with zero attached hydrogens (tertiary/aromatic N) is 3. The van der Waals surface area contributed by atoms with E-state index in [9.17, 15) is 15.2 Å². The average Bonchev–Trinajstić information content (AvgIpc) is 2.69. The minimum absolute atomic E-state index is 0.0468. The van der Waals surface area contributed by atoms with Crippen LogP contribution >= 0.6 is 0 Å². The molecule has 1 saturated heterocycles. The number of aliphatic hydroxyl groups is 1. The molecule has 98 valence electrons. The normalized spacial score (nSPS) is 23.3. The Morgan fingerprint density at radius 2 is 2.39 bits per heavy atom. The van der Waals surface area contributed by atoms with Crippen LogP contribution in [0.15, 0.2) is 12.1 Å². The second-order valence-electron chi connectivity index (χ2n) is 4.55. The zero-order valence-corrected chi connectivity index (χ0v) is 10.1. The Hall–Kier alpha value is -1.89. The van der Waals surface area contributed by atoms with E-state index in [-0.39, 0.29) is 35.9 Å². The van der Waals surface area contributed by atoms with Gasteiger partial charge in [0.1, 0.15) is 5.82 Å². The molecule has 1 aromatic rings. The first-order valence-corrected chi connectivity index (χ1v) is 5.83. The second-order valence-corrected chi connectivity index (χ2v) is 4.55. The van der Waals surface area contributed by atoms with Crippen molar-refractivity contribution in [2.45, 2.75) is 19.4 Å². The van der Waals surface area contributed by atoms with Crippen molar-refractivity contribution < 1.29 is 10.0 Å². The lowest BCUT2D eigenvalue weighted by atomic mass is 10.0. The quantitative estimate of drug-likeness (QED) is 0.608. The minimum Gasteiger partial charge on any atom is -0.394 e. The van der Waals surface area contributed by atoms with E-state index in [2.05, 4.69) is 4.98 Å². The maximum atomic E-state index is 11.0. The van der Waals surface area contributed by atoms with Gasteiger partial charge in [-0.25, -0.2) is 4.98 Å². The number of hydrogen-bond acceptors (Lipinski definition) is 6. The molecule has 0 amide bonds. The summed E-state index contributed by atoms with van der Waals surface area (Å²) in [4.78, 5) is 16.4. The van der Waals surface area contributed by atoms with Crippen LogP contribution < -0.4 is 10.6 Å². The molecule has 0 aliphatic carbocycles. The van der Waals surface area contributed by atoms with Gasteiger partial charge in [-0.1, -0.05) is 6.92 Å². The van der Waals surface area contributed by atoms with Crippen molar-refractivity contribution in [1.82, 2.24) is 4.98 Å².